The lowest BCUT2D eigenvalue weighted by molar-refractivity contribution is -0.121. The maximum absolute atomic E-state index is 12.4. The van der Waals surface area contributed by atoms with Gasteiger partial charge in [0.2, 0.25) is 0 Å². The molecule has 4 nitrogen and oxygen atoms in total. The van der Waals surface area contributed by atoms with Crippen molar-refractivity contribution in [3.05, 3.63) is 0 Å². The third kappa shape index (κ3) is 1.13. The fourth-order valence-electron chi connectivity index (χ4n) is 0.859. The van der Waals surface area contributed by atoms with Crippen LogP contribution in [0.5, 0.6) is 0 Å². The average molecular weight is 152 g/mol. The molecule has 1 fully saturated rings. The first kappa shape index (κ1) is 7.87. The number of aliphatic hydroxyl groups is 3. The van der Waals surface area contributed by atoms with E-state index in [0.29, 0.717) is 0 Å². The first-order valence-electron chi connectivity index (χ1n) is 2.93. The van der Waals surface area contributed by atoms with Crippen LogP contribution in [0, 0.1) is 0 Å². The van der Waals surface area contributed by atoms with Crippen molar-refractivity contribution in [3.63, 3.8) is 0 Å². The lowest BCUT2D eigenvalue weighted by atomic mass is 10.2. The molecule has 1 saturated heterocycles. The van der Waals surface area contributed by atoms with Gasteiger partial charge in [-0.05, 0) is 0 Å². The molecule has 0 saturated carbocycles. The molecule has 0 aromatic carbocycles. The van der Waals surface area contributed by atoms with Gasteiger partial charge in [-0.2, -0.15) is 0 Å². The maximum Gasteiger partial charge on any atom is 0.189 e. The molecular formula is C5H9FO4. The van der Waals surface area contributed by atoms with E-state index in [1.165, 1.54) is 0 Å². The topological polar surface area (TPSA) is 69.9 Å². The van der Waals surface area contributed by atoms with Crippen LogP contribution in [0.4, 0.5) is 4.39 Å². The van der Waals surface area contributed by atoms with Crippen LogP contribution < -0.4 is 0 Å². The van der Waals surface area contributed by atoms with Crippen molar-refractivity contribution in [1.82, 2.24) is 0 Å². The lowest BCUT2D eigenvalue weighted by Gasteiger charge is -2.08. The van der Waals surface area contributed by atoms with Crippen LogP contribution in [0.15, 0.2) is 0 Å². The van der Waals surface area contributed by atoms with E-state index in [0.717, 1.165) is 0 Å². The largest absolute Gasteiger partial charge is 0.394 e. The normalized spacial score (nSPS) is 48.0. The van der Waals surface area contributed by atoms with Crippen molar-refractivity contribution in [2.24, 2.45) is 0 Å². The predicted molar refractivity (Wildman–Crippen MR) is 28.9 cm³/mol. The summed E-state index contributed by atoms with van der Waals surface area (Å²) in [4.78, 5) is 0. The number of ether oxygens (including phenoxy) is 1. The quantitative estimate of drug-likeness (QED) is 0.423. The number of alkyl halides is 1. The first-order chi connectivity index (χ1) is 4.66. The minimum atomic E-state index is -1.81. The summed E-state index contributed by atoms with van der Waals surface area (Å²) >= 11 is 0. The zero-order valence-corrected chi connectivity index (χ0v) is 5.14. The molecule has 0 bridgehead atoms. The van der Waals surface area contributed by atoms with Crippen LogP contribution in [-0.2, 0) is 4.74 Å². The molecule has 60 valence electrons. The molecule has 0 aromatic heterocycles. The van der Waals surface area contributed by atoms with E-state index in [-0.39, 0.29) is 0 Å². The Balaban J connectivity index is 2.53. The highest BCUT2D eigenvalue weighted by molar-refractivity contribution is 4.85. The van der Waals surface area contributed by atoms with E-state index in [1.807, 2.05) is 0 Å². The first-order valence-corrected chi connectivity index (χ1v) is 2.93. The smallest absolute Gasteiger partial charge is 0.189 e. The van der Waals surface area contributed by atoms with Crippen molar-refractivity contribution < 1.29 is 24.4 Å². The number of aliphatic hydroxyl groups excluding tert-OH is 3. The molecule has 1 rings (SSSR count). The highest BCUT2D eigenvalue weighted by Crippen LogP contribution is 2.21. The van der Waals surface area contributed by atoms with Gasteiger partial charge < -0.3 is 20.1 Å². The van der Waals surface area contributed by atoms with Crippen LogP contribution in [0.1, 0.15) is 0 Å². The van der Waals surface area contributed by atoms with Gasteiger partial charge in [-0.1, -0.05) is 0 Å². The number of hydrogen-bond acceptors (Lipinski definition) is 4. The van der Waals surface area contributed by atoms with Crippen molar-refractivity contribution in [2.75, 3.05) is 6.61 Å². The highest BCUT2D eigenvalue weighted by atomic mass is 19.1. The van der Waals surface area contributed by atoms with Gasteiger partial charge in [0.25, 0.3) is 0 Å². The zero-order valence-electron chi connectivity index (χ0n) is 5.14. The molecule has 10 heavy (non-hydrogen) atoms. The standard InChI is InChI=1S/C5H9FO4/c6-3-4(8)2(1-7)10-5(3)9/h2-5,7-9H,1H2/t2?,3?,4-,5?/m1/s1. The van der Waals surface area contributed by atoms with Crippen LogP contribution in [-0.4, -0.2) is 46.6 Å². The van der Waals surface area contributed by atoms with Crippen molar-refractivity contribution >= 4 is 0 Å². The third-order valence-corrected chi connectivity index (χ3v) is 1.47. The van der Waals surface area contributed by atoms with Gasteiger partial charge in [0.05, 0.1) is 6.61 Å². The van der Waals surface area contributed by atoms with Gasteiger partial charge in [-0.3, -0.25) is 0 Å². The summed E-state index contributed by atoms with van der Waals surface area (Å²) in [5.74, 6) is 0. The summed E-state index contributed by atoms with van der Waals surface area (Å²) in [7, 11) is 0. The van der Waals surface area contributed by atoms with E-state index in [4.69, 9.17) is 15.3 Å². The molecule has 0 aliphatic carbocycles. The summed E-state index contributed by atoms with van der Waals surface area (Å²) in [6, 6.07) is 0. The third-order valence-electron chi connectivity index (χ3n) is 1.47. The van der Waals surface area contributed by atoms with Crippen LogP contribution in [0.3, 0.4) is 0 Å². The Hall–Kier alpha value is -0.230. The molecule has 0 spiro atoms. The van der Waals surface area contributed by atoms with Gasteiger partial charge in [-0.25, -0.2) is 4.39 Å². The second kappa shape index (κ2) is 2.79. The second-order valence-corrected chi connectivity index (χ2v) is 2.18. The van der Waals surface area contributed by atoms with Crippen molar-refractivity contribution in [2.45, 2.75) is 24.7 Å². The van der Waals surface area contributed by atoms with Crippen LogP contribution in [0.2, 0.25) is 0 Å². The summed E-state index contributed by atoms with van der Waals surface area (Å²) in [5, 5.41) is 25.8. The van der Waals surface area contributed by atoms with E-state index in [2.05, 4.69) is 4.74 Å². The Bertz CT molecular complexity index is 120. The Morgan fingerprint density at radius 3 is 2.20 bits per heavy atom. The van der Waals surface area contributed by atoms with Gasteiger partial charge >= 0.3 is 0 Å². The van der Waals surface area contributed by atoms with Gasteiger partial charge in [0, 0.05) is 0 Å². The average Bonchev–Trinajstić information content (AvgIpc) is 2.17. The summed E-state index contributed by atoms with van der Waals surface area (Å²) in [6.45, 7) is -0.487. The van der Waals surface area contributed by atoms with Crippen LogP contribution in [0.25, 0.3) is 0 Å². The Morgan fingerprint density at radius 2 is 2.00 bits per heavy atom. The minimum Gasteiger partial charge on any atom is -0.394 e. The SMILES string of the molecule is OCC1OC(O)C(F)[C@@H]1O. The molecule has 1 aliphatic heterocycles. The van der Waals surface area contributed by atoms with E-state index < -0.39 is 31.3 Å². The minimum absolute atomic E-state index is 0.487. The molecule has 0 amide bonds. The van der Waals surface area contributed by atoms with Crippen molar-refractivity contribution in [3.8, 4) is 0 Å². The molecule has 3 N–H and O–H groups in total. The van der Waals surface area contributed by atoms with E-state index in [9.17, 15) is 4.39 Å². The number of rotatable bonds is 1. The van der Waals surface area contributed by atoms with Gasteiger partial charge in [0.1, 0.15) is 12.2 Å². The Morgan fingerprint density at radius 1 is 1.40 bits per heavy atom. The molecule has 3 unspecified atom stereocenters. The molecule has 5 heteroatoms. The van der Waals surface area contributed by atoms with E-state index >= 15 is 0 Å². The fraction of sp³-hybridized carbons (Fsp3) is 1.00. The maximum atomic E-state index is 12.4. The molecule has 0 aromatic rings. The Labute approximate surface area is 56.9 Å². The zero-order chi connectivity index (χ0) is 7.72. The van der Waals surface area contributed by atoms with Gasteiger partial charge in [0.15, 0.2) is 12.5 Å². The Kier molecular flexibility index (Phi) is 2.20. The summed E-state index contributed by atoms with van der Waals surface area (Å²) in [6.07, 6.45) is -5.82. The predicted octanol–water partition coefficient (Wildman–Crippen LogP) is -1.61. The second-order valence-electron chi connectivity index (χ2n) is 2.18. The van der Waals surface area contributed by atoms with Crippen molar-refractivity contribution in [1.29, 1.82) is 0 Å². The summed E-state index contributed by atoms with van der Waals surface area (Å²) < 4.78 is 16.8. The fourth-order valence-corrected chi connectivity index (χ4v) is 0.859. The molecular weight excluding hydrogens is 143 g/mol. The molecule has 0 radical (unpaired) electrons. The number of hydrogen-bond donors (Lipinski definition) is 3. The highest BCUT2D eigenvalue weighted by Gasteiger charge is 2.42. The lowest BCUT2D eigenvalue weighted by Crippen LogP contribution is -2.30. The van der Waals surface area contributed by atoms with Crippen LogP contribution >= 0.6 is 0 Å². The molecule has 1 aliphatic rings. The summed E-state index contributed by atoms with van der Waals surface area (Å²) in [5.41, 5.74) is 0. The molecule has 1 heterocycles. The monoisotopic (exact) mass is 152 g/mol. The van der Waals surface area contributed by atoms with E-state index in [1.54, 1.807) is 0 Å². The van der Waals surface area contributed by atoms with Gasteiger partial charge in [-0.15, -0.1) is 0 Å². The molecule has 4 atom stereocenters. The number of halogens is 1.